The largest absolute Gasteiger partial charge is 0.465 e. The molecule has 0 aromatic heterocycles. The Bertz CT molecular complexity index is 594. The number of rotatable bonds is 7. The molecule has 0 N–H and O–H groups in total. The summed E-state index contributed by atoms with van der Waals surface area (Å²) < 4.78 is 37.1. The number of ether oxygens (including phenoxy) is 2. The van der Waals surface area contributed by atoms with E-state index in [0.29, 0.717) is 11.8 Å². The quantitative estimate of drug-likeness (QED) is 0.433. The molecule has 0 fully saturated rings. The first-order chi connectivity index (χ1) is 10.5. The van der Waals surface area contributed by atoms with Crippen LogP contribution in [-0.4, -0.2) is 30.9 Å². The number of hydrogen-bond acceptors (Lipinski definition) is 7. The van der Waals surface area contributed by atoms with E-state index < -0.39 is 34.8 Å². The molecule has 0 bridgehead atoms. The standard InChI is InChI=1S/C13H13F2NO5S/c1-3-20-9(17)6-22-8-5-7(14)10(13(18)21-4-2)11(15)12(8)16-19/h5H,3-4,6H2,1-2H3. The highest BCUT2D eigenvalue weighted by Gasteiger charge is 2.26. The van der Waals surface area contributed by atoms with E-state index in [1.807, 2.05) is 0 Å². The van der Waals surface area contributed by atoms with Crippen LogP contribution in [0.5, 0.6) is 0 Å². The second-order valence-electron chi connectivity index (χ2n) is 3.80. The van der Waals surface area contributed by atoms with Gasteiger partial charge in [-0.05, 0) is 25.1 Å². The lowest BCUT2D eigenvalue weighted by Gasteiger charge is -2.09. The summed E-state index contributed by atoms with van der Waals surface area (Å²) in [5, 5.41) is 2.47. The number of thioether (sulfide) groups is 1. The van der Waals surface area contributed by atoms with E-state index in [4.69, 9.17) is 0 Å². The van der Waals surface area contributed by atoms with Crippen LogP contribution >= 0.6 is 11.8 Å². The summed E-state index contributed by atoms with van der Waals surface area (Å²) in [6.45, 7) is 3.15. The molecule has 0 aliphatic heterocycles. The molecule has 22 heavy (non-hydrogen) atoms. The monoisotopic (exact) mass is 333 g/mol. The second kappa shape index (κ2) is 8.42. The summed E-state index contributed by atoms with van der Waals surface area (Å²) in [6, 6.07) is 0.760. The first-order valence-corrected chi connectivity index (χ1v) is 7.25. The van der Waals surface area contributed by atoms with Crippen LogP contribution in [0.1, 0.15) is 24.2 Å². The average Bonchev–Trinajstić information content (AvgIpc) is 2.45. The predicted octanol–water partition coefficient (Wildman–Crippen LogP) is 3.19. The molecule has 120 valence electrons. The van der Waals surface area contributed by atoms with Crippen LogP contribution in [0.25, 0.3) is 0 Å². The molecule has 0 saturated carbocycles. The topological polar surface area (TPSA) is 82.0 Å². The minimum absolute atomic E-state index is 0.0824. The van der Waals surface area contributed by atoms with E-state index in [2.05, 4.69) is 14.7 Å². The summed E-state index contributed by atoms with van der Waals surface area (Å²) in [4.78, 5) is 33.3. The highest BCUT2D eigenvalue weighted by atomic mass is 32.2. The Kier molecular flexibility index (Phi) is 6.90. The Morgan fingerprint density at radius 1 is 1.23 bits per heavy atom. The van der Waals surface area contributed by atoms with Gasteiger partial charge in [0.05, 0.1) is 19.0 Å². The molecule has 0 spiro atoms. The maximum Gasteiger partial charge on any atom is 0.344 e. The van der Waals surface area contributed by atoms with Gasteiger partial charge in [-0.1, -0.05) is 0 Å². The fraction of sp³-hybridized carbons (Fsp3) is 0.385. The SMILES string of the molecule is CCOC(=O)CSc1cc(F)c(C(=O)OCC)c(F)c1N=O. The Morgan fingerprint density at radius 3 is 2.41 bits per heavy atom. The van der Waals surface area contributed by atoms with Crippen LogP contribution in [0.4, 0.5) is 14.5 Å². The zero-order valence-electron chi connectivity index (χ0n) is 11.9. The third-order valence-electron chi connectivity index (χ3n) is 2.38. The Labute approximate surface area is 129 Å². The zero-order chi connectivity index (χ0) is 16.7. The van der Waals surface area contributed by atoms with E-state index in [9.17, 15) is 23.3 Å². The van der Waals surface area contributed by atoms with Crippen molar-refractivity contribution >= 4 is 29.4 Å². The highest BCUT2D eigenvalue weighted by Crippen LogP contribution is 2.35. The summed E-state index contributed by atoms with van der Waals surface area (Å²) in [5.41, 5.74) is -1.74. The molecule has 1 aromatic carbocycles. The van der Waals surface area contributed by atoms with Crippen LogP contribution in [-0.2, 0) is 14.3 Å². The van der Waals surface area contributed by atoms with Crippen molar-refractivity contribution in [3.63, 3.8) is 0 Å². The second-order valence-corrected chi connectivity index (χ2v) is 4.82. The number of carbonyl (C=O) groups is 2. The molecular formula is C13H13F2NO5S. The third-order valence-corrected chi connectivity index (χ3v) is 3.38. The van der Waals surface area contributed by atoms with Crippen molar-refractivity contribution in [2.45, 2.75) is 18.7 Å². The van der Waals surface area contributed by atoms with Gasteiger partial charge in [-0.15, -0.1) is 16.7 Å². The molecule has 0 radical (unpaired) electrons. The molecule has 1 rings (SSSR count). The molecular weight excluding hydrogens is 320 g/mol. The maximum absolute atomic E-state index is 14.1. The smallest absolute Gasteiger partial charge is 0.344 e. The Balaban J connectivity index is 3.13. The molecule has 0 amide bonds. The Morgan fingerprint density at radius 2 is 1.86 bits per heavy atom. The first kappa shape index (κ1) is 18.0. The lowest BCUT2D eigenvalue weighted by Crippen LogP contribution is -2.11. The van der Waals surface area contributed by atoms with Crippen LogP contribution in [0.15, 0.2) is 16.1 Å². The molecule has 0 aliphatic carbocycles. The zero-order valence-corrected chi connectivity index (χ0v) is 12.7. The number of benzene rings is 1. The molecule has 1 aromatic rings. The van der Waals surface area contributed by atoms with Crippen molar-refractivity contribution in [1.29, 1.82) is 0 Å². The van der Waals surface area contributed by atoms with Gasteiger partial charge in [0, 0.05) is 4.90 Å². The van der Waals surface area contributed by atoms with E-state index >= 15 is 0 Å². The van der Waals surface area contributed by atoms with Crippen molar-refractivity contribution in [3.05, 3.63) is 28.2 Å². The van der Waals surface area contributed by atoms with Gasteiger partial charge in [0.25, 0.3) is 0 Å². The molecule has 0 aliphatic rings. The molecule has 0 atom stereocenters. The van der Waals surface area contributed by atoms with Gasteiger partial charge in [-0.25, -0.2) is 13.6 Å². The van der Waals surface area contributed by atoms with Gasteiger partial charge in [-0.3, -0.25) is 4.79 Å². The van der Waals surface area contributed by atoms with Gasteiger partial charge >= 0.3 is 11.9 Å². The van der Waals surface area contributed by atoms with E-state index in [1.54, 1.807) is 6.92 Å². The van der Waals surface area contributed by atoms with Crippen molar-refractivity contribution in [2.24, 2.45) is 5.18 Å². The van der Waals surface area contributed by atoms with E-state index in [1.165, 1.54) is 6.92 Å². The molecule has 9 heteroatoms. The fourth-order valence-corrected chi connectivity index (χ4v) is 2.32. The number of nitroso groups, excluding NO2 is 1. The average molecular weight is 333 g/mol. The van der Waals surface area contributed by atoms with Crippen LogP contribution in [0, 0.1) is 16.5 Å². The molecule has 0 unspecified atom stereocenters. The summed E-state index contributed by atoms with van der Waals surface area (Å²) in [6.07, 6.45) is 0. The van der Waals surface area contributed by atoms with Crippen molar-refractivity contribution < 1.29 is 27.8 Å². The van der Waals surface area contributed by atoms with Gasteiger partial charge in [0.15, 0.2) is 11.5 Å². The lowest BCUT2D eigenvalue weighted by atomic mass is 10.1. The number of halogens is 2. The normalized spacial score (nSPS) is 10.2. The van der Waals surface area contributed by atoms with Crippen molar-refractivity contribution in [1.82, 2.24) is 0 Å². The van der Waals surface area contributed by atoms with Crippen molar-refractivity contribution in [2.75, 3.05) is 19.0 Å². The Hall–Kier alpha value is -2.03. The van der Waals surface area contributed by atoms with Crippen LogP contribution in [0.3, 0.4) is 0 Å². The van der Waals surface area contributed by atoms with Gasteiger partial charge < -0.3 is 9.47 Å². The van der Waals surface area contributed by atoms with Gasteiger partial charge in [0.2, 0.25) is 0 Å². The van der Waals surface area contributed by atoms with E-state index in [-0.39, 0.29) is 23.9 Å². The summed E-state index contributed by atoms with van der Waals surface area (Å²) in [5.74, 6) is -4.72. The number of carbonyl (C=O) groups excluding carboxylic acids is 2. The maximum atomic E-state index is 14.1. The first-order valence-electron chi connectivity index (χ1n) is 6.27. The number of hydrogen-bond donors (Lipinski definition) is 0. The van der Waals surface area contributed by atoms with Crippen LogP contribution in [0.2, 0.25) is 0 Å². The molecule has 0 saturated heterocycles. The number of nitrogens with zero attached hydrogens (tertiary/aromatic N) is 1. The highest BCUT2D eigenvalue weighted by molar-refractivity contribution is 8.00. The minimum Gasteiger partial charge on any atom is -0.465 e. The van der Waals surface area contributed by atoms with Crippen molar-refractivity contribution in [3.8, 4) is 0 Å². The third kappa shape index (κ3) is 4.23. The van der Waals surface area contributed by atoms with Crippen LogP contribution < -0.4 is 0 Å². The summed E-state index contributed by atoms with van der Waals surface area (Å²) in [7, 11) is 0. The minimum atomic E-state index is -1.42. The summed E-state index contributed by atoms with van der Waals surface area (Å²) >= 11 is 0.681. The van der Waals surface area contributed by atoms with Gasteiger partial charge in [-0.2, -0.15) is 0 Å². The predicted molar refractivity (Wildman–Crippen MR) is 75.1 cm³/mol. The number of esters is 2. The molecule has 0 heterocycles. The lowest BCUT2D eigenvalue weighted by molar-refractivity contribution is -0.139. The van der Waals surface area contributed by atoms with Gasteiger partial charge in [0.1, 0.15) is 11.4 Å². The van der Waals surface area contributed by atoms with E-state index in [0.717, 1.165) is 6.07 Å². The molecule has 6 nitrogen and oxygen atoms in total. The fourth-order valence-electron chi connectivity index (χ4n) is 1.51.